The minimum atomic E-state index is -0.362. The van der Waals surface area contributed by atoms with Gasteiger partial charge in [0.1, 0.15) is 0 Å². The Balaban J connectivity index is 1.82. The zero-order valence-corrected chi connectivity index (χ0v) is 19.8. The van der Waals surface area contributed by atoms with Gasteiger partial charge in [0.05, 0.1) is 24.2 Å². The highest BCUT2D eigenvalue weighted by Crippen LogP contribution is 2.36. The van der Waals surface area contributed by atoms with Gasteiger partial charge in [-0.25, -0.2) is 0 Å². The van der Waals surface area contributed by atoms with Gasteiger partial charge in [0.2, 0.25) is 0 Å². The van der Waals surface area contributed by atoms with E-state index in [-0.39, 0.29) is 23.8 Å². The molecule has 0 unspecified atom stereocenters. The quantitative estimate of drug-likeness (QED) is 0.389. The van der Waals surface area contributed by atoms with Crippen molar-refractivity contribution >= 4 is 52.2 Å². The van der Waals surface area contributed by atoms with Crippen molar-refractivity contribution in [3.8, 4) is 11.5 Å². The Morgan fingerprint density at radius 1 is 1.10 bits per heavy atom. The number of hydrogen-bond donors (Lipinski definition) is 0. The molecule has 164 valence electrons. The molecule has 2 aromatic carbocycles. The molecule has 0 radical (unpaired) electrons. The first-order valence-corrected chi connectivity index (χ1v) is 11.5. The summed E-state index contributed by atoms with van der Waals surface area (Å²) in [7, 11) is 0. The predicted molar refractivity (Wildman–Crippen MR) is 126 cm³/mol. The minimum absolute atomic E-state index is 0.0567. The van der Waals surface area contributed by atoms with Crippen molar-refractivity contribution in [1.82, 2.24) is 4.90 Å². The zero-order valence-electron chi connectivity index (χ0n) is 17.5. The summed E-state index contributed by atoms with van der Waals surface area (Å²) in [5.74, 6) is 0.890. The molecular formula is C23H23Cl2NO4S. The number of carbonyl (C=O) groups is 2. The minimum Gasteiger partial charge on any atom is -0.490 e. The van der Waals surface area contributed by atoms with Crippen LogP contribution in [0, 0.1) is 0 Å². The van der Waals surface area contributed by atoms with Gasteiger partial charge in [0.15, 0.2) is 11.5 Å². The highest BCUT2D eigenvalue weighted by Gasteiger charge is 2.35. The van der Waals surface area contributed by atoms with Crippen LogP contribution in [0.3, 0.4) is 0 Å². The SMILES string of the molecule is CCOc1cc(/C=C2/SC(=O)N(Cc3ccc(Cl)cc3Cl)C2=O)ccc1O[C@H](C)CC. The Bertz CT molecular complexity index is 1020. The predicted octanol–water partition coefficient (Wildman–Crippen LogP) is 6.81. The van der Waals surface area contributed by atoms with Crippen molar-refractivity contribution in [2.45, 2.75) is 39.8 Å². The normalized spacial score (nSPS) is 16.2. The second-order valence-corrected chi connectivity index (χ2v) is 8.82. The first-order chi connectivity index (χ1) is 14.8. The molecule has 1 fully saturated rings. The molecule has 2 aromatic rings. The van der Waals surface area contributed by atoms with Crippen LogP contribution in [0.5, 0.6) is 11.5 Å². The second kappa shape index (κ2) is 10.4. The van der Waals surface area contributed by atoms with Crippen molar-refractivity contribution < 1.29 is 19.1 Å². The first-order valence-electron chi connectivity index (χ1n) is 9.95. The van der Waals surface area contributed by atoms with Crippen molar-refractivity contribution in [2.24, 2.45) is 0 Å². The average molecular weight is 480 g/mol. The maximum atomic E-state index is 12.9. The van der Waals surface area contributed by atoms with E-state index in [1.54, 1.807) is 24.3 Å². The van der Waals surface area contributed by atoms with Crippen LogP contribution >= 0.6 is 35.0 Å². The first kappa shape index (κ1) is 23.5. The Morgan fingerprint density at radius 2 is 1.87 bits per heavy atom. The van der Waals surface area contributed by atoms with Gasteiger partial charge in [-0.15, -0.1) is 0 Å². The van der Waals surface area contributed by atoms with Crippen LogP contribution in [0.15, 0.2) is 41.3 Å². The Morgan fingerprint density at radius 3 is 2.55 bits per heavy atom. The van der Waals surface area contributed by atoms with Crippen LogP contribution in [-0.4, -0.2) is 28.8 Å². The zero-order chi connectivity index (χ0) is 22.5. The van der Waals surface area contributed by atoms with Gasteiger partial charge >= 0.3 is 0 Å². The fraction of sp³-hybridized carbons (Fsp3) is 0.304. The second-order valence-electron chi connectivity index (χ2n) is 6.98. The number of hydrogen-bond acceptors (Lipinski definition) is 5. The molecule has 0 saturated carbocycles. The number of rotatable bonds is 8. The number of nitrogens with zero attached hydrogens (tertiary/aromatic N) is 1. The van der Waals surface area contributed by atoms with Gasteiger partial charge in [0.25, 0.3) is 11.1 Å². The molecule has 0 spiro atoms. The summed E-state index contributed by atoms with van der Waals surface area (Å²) in [6.45, 7) is 6.51. The van der Waals surface area contributed by atoms with Crippen LogP contribution in [0.25, 0.3) is 6.08 Å². The number of carbonyl (C=O) groups excluding carboxylic acids is 2. The average Bonchev–Trinajstić information content (AvgIpc) is 2.99. The van der Waals surface area contributed by atoms with E-state index >= 15 is 0 Å². The molecule has 0 N–H and O–H groups in total. The molecule has 0 bridgehead atoms. The van der Waals surface area contributed by atoms with Crippen LogP contribution in [0.4, 0.5) is 4.79 Å². The fourth-order valence-electron chi connectivity index (χ4n) is 2.89. The van der Waals surface area contributed by atoms with Crippen molar-refractivity contribution in [3.05, 3.63) is 62.5 Å². The van der Waals surface area contributed by atoms with Gasteiger partial charge in [-0.1, -0.05) is 42.3 Å². The van der Waals surface area contributed by atoms with E-state index in [0.717, 1.165) is 23.7 Å². The van der Waals surface area contributed by atoms with Crippen LogP contribution < -0.4 is 9.47 Å². The van der Waals surface area contributed by atoms with Gasteiger partial charge in [0, 0.05) is 10.0 Å². The van der Waals surface area contributed by atoms with Crippen LogP contribution in [0.1, 0.15) is 38.3 Å². The van der Waals surface area contributed by atoms with Crippen molar-refractivity contribution in [1.29, 1.82) is 0 Å². The maximum Gasteiger partial charge on any atom is 0.293 e. The Labute approximate surface area is 196 Å². The third kappa shape index (κ3) is 5.76. The summed E-state index contributed by atoms with van der Waals surface area (Å²) >= 11 is 13.0. The highest BCUT2D eigenvalue weighted by atomic mass is 35.5. The molecule has 3 rings (SSSR count). The third-order valence-electron chi connectivity index (χ3n) is 4.69. The van der Waals surface area contributed by atoms with E-state index in [9.17, 15) is 9.59 Å². The van der Waals surface area contributed by atoms with E-state index in [1.165, 1.54) is 4.90 Å². The molecule has 1 heterocycles. The summed E-state index contributed by atoms with van der Waals surface area (Å²) in [4.78, 5) is 26.8. The van der Waals surface area contributed by atoms with Gasteiger partial charge in [-0.2, -0.15) is 0 Å². The summed E-state index contributed by atoms with van der Waals surface area (Å²) < 4.78 is 11.6. The number of amides is 2. The lowest BCUT2D eigenvalue weighted by Gasteiger charge is -2.16. The largest absolute Gasteiger partial charge is 0.490 e. The standard InChI is InChI=1S/C23H23Cl2NO4S/c1-4-14(3)30-19-9-6-15(10-20(19)29-5-2)11-21-22(27)26(23(28)31-21)13-16-7-8-17(24)12-18(16)25/h6-12,14H,4-5,13H2,1-3H3/b21-11+/t14-/m1/s1. The lowest BCUT2D eigenvalue weighted by atomic mass is 10.1. The fourth-order valence-corrected chi connectivity index (χ4v) is 4.19. The molecule has 31 heavy (non-hydrogen) atoms. The highest BCUT2D eigenvalue weighted by molar-refractivity contribution is 8.18. The van der Waals surface area contributed by atoms with Gasteiger partial charge < -0.3 is 9.47 Å². The lowest BCUT2D eigenvalue weighted by molar-refractivity contribution is -0.123. The van der Waals surface area contributed by atoms with Gasteiger partial charge in [-0.05, 0) is 73.5 Å². The monoisotopic (exact) mass is 479 g/mol. The van der Waals surface area contributed by atoms with E-state index in [1.807, 2.05) is 39.0 Å². The number of halogens is 2. The summed E-state index contributed by atoms with van der Waals surface area (Å²) in [5, 5.41) is 0.562. The lowest BCUT2D eigenvalue weighted by Crippen LogP contribution is -2.27. The topological polar surface area (TPSA) is 55.8 Å². The van der Waals surface area contributed by atoms with E-state index in [2.05, 4.69) is 0 Å². The molecule has 1 aliphatic rings. The van der Waals surface area contributed by atoms with Crippen molar-refractivity contribution in [3.63, 3.8) is 0 Å². The number of imide groups is 1. The molecule has 1 atom stereocenters. The smallest absolute Gasteiger partial charge is 0.293 e. The molecule has 2 amide bonds. The summed E-state index contributed by atoms with van der Waals surface area (Å²) in [6, 6.07) is 10.4. The van der Waals surface area contributed by atoms with E-state index < -0.39 is 0 Å². The Hall–Kier alpha value is -2.15. The molecule has 5 nitrogen and oxygen atoms in total. The van der Waals surface area contributed by atoms with E-state index in [0.29, 0.717) is 38.6 Å². The number of thioether (sulfide) groups is 1. The Kier molecular flexibility index (Phi) is 7.92. The molecule has 8 heteroatoms. The summed E-state index contributed by atoms with van der Waals surface area (Å²) in [6.07, 6.45) is 2.61. The maximum absolute atomic E-state index is 12.9. The summed E-state index contributed by atoms with van der Waals surface area (Å²) in [5.41, 5.74) is 1.40. The van der Waals surface area contributed by atoms with Crippen molar-refractivity contribution in [2.75, 3.05) is 6.61 Å². The molecule has 0 aliphatic carbocycles. The van der Waals surface area contributed by atoms with Crippen LogP contribution in [0.2, 0.25) is 10.0 Å². The molecular weight excluding hydrogens is 457 g/mol. The molecule has 1 aliphatic heterocycles. The van der Waals surface area contributed by atoms with Gasteiger partial charge in [-0.3, -0.25) is 14.5 Å². The number of ether oxygens (including phenoxy) is 2. The number of benzene rings is 2. The van der Waals surface area contributed by atoms with E-state index in [4.69, 9.17) is 32.7 Å². The molecule has 0 aromatic heterocycles. The third-order valence-corrected chi connectivity index (χ3v) is 6.18. The molecule has 1 saturated heterocycles. The van der Waals surface area contributed by atoms with Crippen LogP contribution in [-0.2, 0) is 11.3 Å².